The molecule has 2 atom stereocenters. The quantitative estimate of drug-likeness (QED) is 0.558. The van der Waals surface area contributed by atoms with Crippen molar-refractivity contribution in [2.45, 2.75) is 30.2 Å². The molecule has 5 nitrogen and oxygen atoms in total. The van der Waals surface area contributed by atoms with Crippen molar-refractivity contribution in [1.29, 1.82) is 0 Å². The molecular weight excluding hydrogens is 368 g/mol. The lowest BCUT2D eigenvalue weighted by Crippen LogP contribution is -2.33. The van der Waals surface area contributed by atoms with E-state index in [1.165, 1.54) is 17.3 Å². The Labute approximate surface area is 169 Å². The van der Waals surface area contributed by atoms with Crippen molar-refractivity contribution in [1.82, 2.24) is 20.5 Å². The van der Waals surface area contributed by atoms with Crippen molar-refractivity contribution in [3.8, 4) is 0 Å². The lowest BCUT2D eigenvalue weighted by atomic mass is 10.0. The molecule has 0 saturated heterocycles. The molecule has 0 aliphatic heterocycles. The molecule has 0 fully saturated rings. The monoisotopic (exact) mass is 392 g/mol. The van der Waals surface area contributed by atoms with Crippen LogP contribution in [0.15, 0.2) is 65.8 Å². The zero-order valence-corrected chi connectivity index (χ0v) is 16.8. The maximum atomic E-state index is 12.4. The van der Waals surface area contributed by atoms with Gasteiger partial charge in [-0.3, -0.25) is 9.89 Å². The van der Waals surface area contributed by atoms with Gasteiger partial charge in [0, 0.05) is 6.54 Å². The second-order valence-corrected chi connectivity index (χ2v) is 7.87. The average Bonchev–Trinajstić information content (AvgIpc) is 3.19. The second kappa shape index (κ2) is 9.90. The molecule has 2 unspecified atom stereocenters. The van der Waals surface area contributed by atoms with Crippen molar-refractivity contribution in [3.63, 3.8) is 0 Å². The molecule has 1 heterocycles. The highest BCUT2D eigenvalue weighted by Gasteiger charge is 2.17. The highest BCUT2D eigenvalue weighted by molar-refractivity contribution is 8.00. The minimum absolute atomic E-state index is 0.0149. The Morgan fingerprint density at radius 3 is 2.46 bits per heavy atom. The number of carbonyl (C=O) groups is 1. The van der Waals surface area contributed by atoms with Crippen molar-refractivity contribution in [2.24, 2.45) is 0 Å². The van der Waals surface area contributed by atoms with Crippen LogP contribution < -0.4 is 5.32 Å². The number of thioether (sulfide) groups is 1. The van der Waals surface area contributed by atoms with Gasteiger partial charge >= 0.3 is 0 Å². The first-order valence-electron chi connectivity index (χ1n) is 9.26. The van der Waals surface area contributed by atoms with Crippen LogP contribution in [0.2, 0.25) is 0 Å². The minimum Gasteiger partial charge on any atom is -0.355 e. The summed E-state index contributed by atoms with van der Waals surface area (Å²) in [5.41, 5.74) is 2.31. The summed E-state index contributed by atoms with van der Waals surface area (Å²) in [6.45, 7) is 4.57. The van der Waals surface area contributed by atoms with E-state index in [4.69, 9.17) is 0 Å². The van der Waals surface area contributed by atoms with Crippen LogP contribution in [0, 0.1) is 0 Å². The van der Waals surface area contributed by atoms with Gasteiger partial charge in [-0.2, -0.15) is 0 Å². The number of rotatable bonds is 8. The maximum absolute atomic E-state index is 12.4. The summed E-state index contributed by atoms with van der Waals surface area (Å²) < 4.78 is 0. The first kappa shape index (κ1) is 19.9. The van der Waals surface area contributed by atoms with Crippen LogP contribution in [0.4, 0.5) is 0 Å². The fourth-order valence-electron chi connectivity index (χ4n) is 2.63. The van der Waals surface area contributed by atoms with Crippen LogP contribution in [0.3, 0.4) is 0 Å². The lowest BCUT2D eigenvalue weighted by molar-refractivity contribution is -0.120. The van der Waals surface area contributed by atoms with Gasteiger partial charge in [-0.15, -0.1) is 5.10 Å². The van der Waals surface area contributed by atoms with Gasteiger partial charge in [0.15, 0.2) is 0 Å². The van der Waals surface area contributed by atoms with Crippen LogP contribution in [0.1, 0.15) is 36.7 Å². The standard InChI is InChI=1S/C22H24N4OS/c1-16(19-11-7-4-8-12-19)15-23-21(27)17(2)28-22-24-20(25-26-22)14-13-18-9-5-3-6-10-18/h3-14,16-17H,15H2,1-2H3,(H,23,27)(H,24,25,26)/b14-13+. The molecule has 3 rings (SSSR count). The normalized spacial score (nSPS) is 13.4. The Morgan fingerprint density at radius 1 is 1.07 bits per heavy atom. The number of carbonyl (C=O) groups excluding carboxylic acids is 1. The first-order chi connectivity index (χ1) is 13.6. The van der Waals surface area contributed by atoms with E-state index in [0.717, 1.165) is 5.56 Å². The van der Waals surface area contributed by atoms with E-state index in [1.54, 1.807) is 0 Å². The average molecular weight is 393 g/mol. The van der Waals surface area contributed by atoms with E-state index in [-0.39, 0.29) is 17.1 Å². The molecule has 1 aromatic heterocycles. The molecule has 3 aromatic rings. The summed E-state index contributed by atoms with van der Waals surface area (Å²) in [6.07, 6.45) is 3.84. The van der Waals surface area contributed by atoms with Gasteiger partial charge in [-0.1, -0.05) is 85.4 Å². The Balaban J connectivity index is 1.49. The van der Waals surface area contributed by atoms with Crippen LogP contribution in [-0.2, 0) is 4.79 Å². The lowest BCUT2D eigenvalue weighted by Gasteiger charge is -2.15. The van der Waals surface area contributed by atoms with Gasteiger partial charge in [-0.25, -0.2) is 4.98 Å². The number of aromatic amines is 1. The maximum Gasteiger partial charge on any atom is 0.233 e. The molecule has 0 aliphatic rings. The molecular formula is C22H24N4OS. The number of H-pyrrole nitrogens is 1. The molecule has 0 saturated carbocycles. The number of nitrogens with one attached hydrogen (secondary N) is 2. The van der Waals surface area contributed by atoms with E-state index >= 15 is 0 Å². The van der Waals surface area contributed by atoms with Crippen LogP contribution in [0.25, 0.3) is 12.2 Å². The number of amides is 1. The van der Waals surface area contributed by atoms with E-state index < -0.39 is 0 Å². The summed E-state index contributed by atoms with van der Waals surface area (Å²) >= 11 is 1.34. The second-order valence-electron chi connectivity index (χ2n) is 6.56. The molecule has 0 aliphatic carbocycles. The van der Waals surface area contributed by atoms with E-state index in [0.29, 0.717) is 17.5 Å². The predicted molar refractivity (Wildman–Crippen MR) is 115 cm³/mol. The van der Waals surface area contributed by atoms with Gasteiger partial charge < -0.3 is 5.32 Å². The third-order valence-electron chi connectivity index (χ3n) is 4.32. The highest BCUT2D eigenvalue weighted by Crippen LogP contribution is 2.20. The van der Waals surface area contributed by atoms with Crippen molar-refractivity contribution < 1.29 is 4.79 Å². The van der Waals surface area contributed by atoms with Gasteiger partial charge in [0.25, 0.3) is 0 Å². The Morgan fingerprint density at radius 2 is 1.75 bits per heavy atom. The molecule has 28 heavy (non-hydrogen) atoms. The number of aromatic nitrogens is 3. The number of hydrogen-bond acceptors (Lipinski definition) is 4. The topological polar surface area (TPSA) is 70.7 Å². The smallest absolute Gasteiger partial charge is 0.233 e. The van der Waals surface area contributed by atoms with Crippen molar-refractivity contribution in [3.05, 3.63) is 77.6 Å². The van der Waals surface area contributed by atoms with Gasteiger partial charge in [0.1, 0.15) is 5.82 Å². The van der Waals surface area contributed by atoms with Gasteiger partial charge in [-0.05, 0) is 30.0 Å². The predicted octanol–water partition coefficient (Wildman–Crippen LogP) is 4.38. The van der Waals surface area contributed by atoms with Crippen LogP contribution in [0.5, 0.6) is 0 Å². The van der Waals surface area contributed by atoms with E-state index in [2.05, 4.69) is 39.6 Å². The summed E-state index contributed by atoms with van der Waals surface area (Å²) in [6, 6.07) is 20.2. The van der Waals surface area contributed by atoms with Crippen molar-refractivity contribution >= 4 is 29.8 Å². The Hall–Kier alpha value is -2.86. The molecule has 0 radical (unpaired) electrons. The largest absolute Gasteiger partial charge is 0.355 e. The third kappa shape index (κ3) is 5.82. The summed E-state index contributed by atoms with van der Waals surface area (Å²) in [5, 5.41) is 10.4. The zero-order valence-electron chi connectivity index (χ0n) is 16.0. The number of benzene rings is 2. The third-order valence-corrected chi connectivity index (χ3v) is 5.28. The first-order valence-corrected chi connectivity index (χ1v) is 10.1. The molecule has 1 amide bonds. The van der Waals surface area contributed by atoms with Gasteiger partial charge in [0.05, 0.1) is 5.25 Å². The summed E-state index contributed by atoms with van der Waals surface area (Å²) in [4.78, 5) is 16.8. The summed E-state index contributed by atoms with van der Waals surface area (Å²) in [5.74, 6) is 0.913. The van der Waals surface area contributed by atoms with Crippen molar-refractivity contribution in [2.75, 3.05) is 6.54 Å². The van der Waals surface area contributed by atoms with E-state index in [1.807, 2.05) is 67.6 Å². The van der Waals surface area contributed by atoms with E-state index in [9.17, 15) is 4.79 Å². The molecule has 2 N–H and O–H groups in total. The fourth-order valence-corrected chi connectivity index (χ4v) is 3.39. The SMILES string of the molecule is CC(Sc1n[nH]c(/C=C/c2ccccc2)n1)C(=O)NCC(C)c1ccccc1. The Kier molecular flexibility index (Phi) is 7.03. The molecule has 2 aromatic carbocycles. The zero-order chi connectivity index (χ0) is 19.8. The Bertz CT molecular complexity index is 909. The molecule has 144 valence electrons. The highest BCUT2D eigenvalue weighted by atomic mass is 32.2. The number of nitrogens with zero attached hydrogens (tertiary/aromatic N) is 2. The van der Waals surface area contributed by atoms with Crippen LogP contribution >= 0.6 is 11.8 Å². The molecule has 6 heteroatoms. The molecule has 0 spiro atoms. The summed E-state index contributed by atoms with van der Waals surface area (Å²) in [7, 11) is 0. The minimum atomic E-state index is -0.273. The molecule has 0 bridgehead atoms. The fraction of sp³-hybridized carbons (Fsp3) is 0.227. The number of hydrogen-bond donors (Lipinski definition) is 2. The van der Waals surface area contributed by atoms with Gasteiger partial charge in [0.2, 0.25) is 11.1 Å². The van der Waals surface area contributed by atoms with Crippen LogP contribution in [-0.4, -0.2) is 32.9 Å².